The van der Waals surface area contributed by atoms with Crippen molar-refractivity contribution in [1.29, 1.82) is 0 Å². The summed E-state index contributed by atoms with van der Waals surface area (Å²) in [7, 11) is 1.94. The van der Waals surface area contributed by atoms with Crippen LogP contribution < -0.4 is 10.1 Å². The van der Waals surface area contributed by atoms with Gasteiger partial charge in [-0.1, -0.05) is 22.0 Å². The monoisotopic (exact) mass is 461 g/mol. The van der Waals surface area contributed by atoms with Gasteiger partial charge in [0.05, 0.1) is 0 Å². The molecule has 1 amide bonds. The maximum Gasteiger partial charge on any atom is 0.259 e. The number of carbonyl (C=O) groups is 1. The molecule has 1 aromatic heterocycles. The summed E-state index contributed by atoms with van der Waals surface area (Å²) in [6.07, 6.45) is 2.66. The zero-order valence-corrected chi connectivity index (χ0v) is 17.6. The van der Waals surface area contributed by atoms with Gasteiger partial charge in [-0.15, -0.1) is 24.8 Å². The third-order valence-corrected chi connectivity index (χ3v) is 4.57. The highest BCUT2D eigenvalue weighted by Crippen LogP contribution is 2.27. The molecular formula is C18H22BrCl2N3O2. The van der Waals surface area contributed by atoms with Gasteiger partial charge in [0.25, 0.3) is 5.91 Å². The molecule has 1 N–H and O–H groups in total. The Kier molecular flexibility index (Phi) is 9.36. The quantitative estimate of drug-likeness (QED) is 0.724. The summed E-state index contributed by atoms with van der Waals surface area (Å²) in [5.74, 6) is 1.47. The minimum absolute atomic E-state index is 0. The van der Waals surface area contributed by atoms with Crippen LogP contribution in [-0.4, -0.2) is 42.5 Å². The van der Waals surface area contributed by atoms with Gasteiger partial charge >= 0.3 is 0 Å². The van der Waals surface area contributed by atoms with E-state index in [1.165, 1.54) is 0 Å². The van der Waals surface area contributed by atoms with Crippen molar-refractivity contribution in [2.75, 3.05) is 26.7 Å². The van der Waals surface area contributed by atoms with Crippen LogP contribution in [-0.2, 0) is 0 Å². The number of benzene rings is 1. The van der Waals surface area contributed by atoms with Crippen LogP contribution in [0.15, 0.2) is 47.1 Å². The molecule has 1 aromatic carbocycles. The largest absolute Gasteiger partial charge is 0.438 e. The fraction of sp³-hybridized carbons (Fsp3) is 0.333. The van der Waals surface area contributed by atoms with Crippen LogP contribution in [0.25, 0.3) is 0 Å². The van der Waals surface area contributed by atoms with Crippen molar-refractivity contribution >= 4 is 46.7 Å². The average Bonchev–Trinajstić information content (AvgIpc) is 3.04. The van der Waals surface area contributed by atoms with Crippen molar-refractivity contribution in [2.24, 2.45) is 5.92 Å². The molecule has 1 saturated heterocycles. The van der Waals surface area contributed by atoms with Crippen molar-refractivity contribution in [3.8, 4) is 11.6 Å². The second kappa shape index (κ2) is 10.7. The molecule has 8 heteroatoms. The number of nitrogens with one attached hydrogen (secondary N) is 1. The summed E-state index contributed by atoms with van der Waals surface area (Å²) in [4.78, 5) is 19.0. The Bertz CT molecular complexity index is 733. The lowest BCUT2D eigenvalue weighted by atomic mass is 10.1. The van der Waals surface area contributed by atoms with Crippen LogP contribution in [0.4, 0.5) is 0 Å². The topological polar surface area (TPSA) is 54.5 Å². The lowest BCUT2D eigenvalue weighted by Crippen LogP contribution is -2.30. The summed E-state index contributed by atoms with van der Waals surface area (Å²) >= 11 is 3.42. The lowest BCUT2D eigenvalue weighted by molar-refractivity contribution is 0.0784. The Morgan fingerprint density at radius 2 is 2.15 bits per heavy atom. The molecule has 1 aliphatic rings. The first kappa shape index (κ1) is 22.7. The van der Waals surface area contributed by atoms with Crippen molar-refractivity contribution in [1.82, 2.24) is 15.2 Å². The fourth-order valence-corrected chi connectivity index (χ4v) is 3.30. The van der Waals surface area contributed by atoms with Crippen LogP contribution in [0.5, 0.6) is 11.6 Å². The van der Waals surface area contributed by atoms with Gasteiger partial charge in [-0.25, -0.2) is 4.98 Å². The van der Waals surface area contributed by atoms with Crippen molar-refractivity contribution in [3.05, 3.63) is 52.6 Å². The minimum atomic E-state index is -0.0216. The maximum absolute atomic E-state index is 12.9. The second-order valence-corrected chi connectivity index (χ2v) is 6.79. The molecule has 5 nitrogen and oxygen atoms in total. The third-order valence-electron chi connectivity index (χ3n) is 4.08. The number of likely N-dealkylation sites (tertiary alicyclic amines) is 1. The van der Waals surface area contributed by atoms with E-state index < -0.39 is 0 Å². The normalized spacial score (nSPS) is 15.8. The minimum Gasteiger partial charge on any atom is -0.438 e. The highest BCUT2D eigenvalue weighted by atomic mass is 79.9. The van der Waals surface area contributed by atoms with Crippen LogP contribution in [0, 0.1) is 5.92 Å². The van der Waals surface area contributed by atoms with Crippen LogP contribution >= 0.6 is 40.7 Å². The van der Waals surface area contributed by atoms with E-state index in [1.54, 1.807) is 18.3 Å². The van der Waals surface area contributed by atoms with Crippen molar-refractivity contribution in [3.63, 3.8) is 0 Å². The predicted molar refractivity (Wildman–Crippen MR) is 111 cm³/mol. The SMILES string of the molecule is CNCC1CCN(C(=O)c2cccnc2Oc2cccc(Br)c2)C1.Cl.Cl. The van der Waals surface area contributed by atoms with Gasteiger partial charge in [0.15, 0.2) is 0 Å². The van der Waals surface area contributed by atoms with E-state index in [0.717, 1.165) is 30.5 Å². The van der Waals surface area contributed by atoms with Crippen LogP contribution in [0.2, 0.25) is 0 Å². The van der Waals surface area contributed by atoms with E-state index in [2.05, 4.69) is 26.2 Å². The number of halogens is 3. The number of ether oxygens (including phenoxy) is 1. The van der Waals surface area contributed by atoms with Crippen LogP contribution in [0.1, 0.15) is 16.8 Å². The van der Waals surface area contributed by atoms with Gasteiger partial charge in [0.2, 0.25) is 5.88 Å². The molecule has 0 aliphatic carbocycles. The first-order chi connectivity index (χ1) is 11.7. The number of hydrogen-bond donors (Lipinski definition) is 1. The number of carbonyl (C=O) groups excluding carboxylic acids is 1. The zero-order chi connectivity index (χ0) is 16.9. The third kappa shape index (κ3) is 5.58. The summed E-state index contributed by atoms with van der Waals surface area (Å²) < 4.78 is 6.76. The Morgan fingerprint density at radius 3 is 2.88 bits per heavy atom. The molecule has 3 rings (SSSR count). The molecular weight excluding hydrogens is 441 g/mol. The molecule has 1 aliphatic heterocycles. The summed E-state index contributed by atoms with van der Waals surface area (Å²) in [6, 6.07) is 11.0. The zero-order valence-electron chi connectivity index (χ0n) is 14.4. The highest BCUT2D eigenvalue weighted by Gasteiger charge is 2.28. The summed E-state index contributed by atoms with van der Waals surface area (Å²) in [6.45, 7) is 2.47. The highest BCUT2D eigenvalue weighted by molar-refractivity contribution is 9.10. The molecule has 0 radical (unpaired) electrons. The Morgan fingerprint density at radius 1 is 1.35 bits per heavy atom. The maximum atomic E-state index is 12.9. The first-order valence-electron chi connectivity index (χ1n) is 7.99. The molecule has 0 spiro atoms. The van der Waals surface area contributed by atoms with Gasteiger partial charge in [-0.05, 0) is 56.3 Å². The number of nitrogens with zero attached hydrogens (tertiary/aromatic N) is 2. The van der Waals surface area contributed by atoms with Gasteiger partial charge in [-0.3, -0.25) is 4.79 Å². The van der Waals surface area contributed by atoms with E-state index in [0.29, 0.717) is 23.1 Å². The number of hydrogen-bond acceptors (Lipinski definition) is 4. The fourth-order valence-electron chi connectivity index (χ4n) is 2.92. The van der Waals surface area contributed by atoms with E-state index in [1.807, 2.05) is 36.2 Å². The molecule has 2 heterocycles. The Labute approximate surface area is 174 Å². The predicted octanol–water partition coefficient (Wildman–Crippen LogP) is 4.16. The molecule has 0 saturated carbocycles. The van der Waals surface area contributed by atoms with E-state index in [4.69, 9.17) is 4.74 Å². The number of amides is 1. The first-order valence-corrected chi connectivity index (χ1v) is 8.79. The molecule has 1 atom stereocenters. The van der Waals surface area contributed by atoms with Gasteiger partial charge in [0.1, 0.15) is 11.3 Å². The van der Waals surface area contributed by atoms with Crippen molar-refractivity contribution in [2.45, 2.75) is 6.42 Å². The number of rotatable bonds is 5. The standard InChI is InChI=1S/C18H20BrN3O2.2ClH/c1-20-11-13-7-9-22(12-13)18(23)16-6-3-8-21-17(16)24-15-5-2-4-14(19)10-15;;/h2-6,8,10,13,20H,7,9,11-12H2,1H3;2*1H. The summed E-state index contributed by atoms with van der Waals surface area (Å²) in [5.41, 5.74) is 0.502. The van der Waals surface area contributed by atoms with Gasteiger partial charge in [-0.2, -0.15) is 0 Å². The molecule has 2 aromatic rings. The molecule has 1 fully saturated rings. The lowest BCUT2D eigenvalue weighted by Gasteiger charge is -2.18. The molecule has 1 unspecified atom stereocenters. The molecule has 142 valence electrons. The van der Waals surface area contributed by atoms with Crippen molar-refractivity contribution < 1.29 is 9.53 Å². The number of aromatic nitrogens is 1. The smallest absolute Gasteiger partial charge is 0.259 e. The van der Waals surface area contributed by atoms with Gasteiger partial charge in [0, 0.05) is 23.8 Å². The number of pyridine rings is 1. The van der Waals surface area contributed by atoms with E-state index >= 15 is 0 Å². The Hall–Kier alpha value is -1.34. The summed E-state index contributed by atoms with van der Waals surface area (Å²) in [5, 5.41) is 3.18. The Balaban J connectivity index is 0.00000169. The van der Waals surface area contributed by atoms with E-state index in [9.17, 15) is 4.79 Å². The molecule has 0 bridgehead atoms. The average molecular weight is 463 g/mol. The second-order valence-electron chi connectivity index (χ2n) is 5.88. The van der Waals surface area contributed by atoms with Crippen LogP contribution in [0.3, 0.4) is 0 Å². The van der Waals surface area contributed by atoms with Gasteiger partial charge < -0.3 is 15.0 Å². The molecule has 26 heavy (non-hydrogen) atoms. The van der Waals surface area contributed by atoms with E-state index in [-0.39, 0.29) is 30.7 Å².